The summed E-state index contributed by atoms with van der Waals surface area (Å²) in [6, 6.07) is 0. The molecule has 15 heavy (non-hydrogen) atoms. The summed E-state index contributed by atoms with van der Waals surface area (Å²) < 4.78 is 15.5. The van der Waals surface area contributed by atoms with Crippen LogP contribution in [0.3, 0.4) is 0 Å². The van der Waals surface area contributed by atoms with Gasteiger partial charge in [-0.3, -0.25) is 4.79 Å². The van der Waals surface area contributed by atoms with Crippen molar-refractivity contribution in [3.8, 4) is 0 Å². The first-order valence-electron chi connectivity index (χ1n) is 5.21. The second-order valence-electron chi connectivity index (χ2n) is 4.37. The third kappa shape index (κ3) is 2.32. The Labute approximate surface area is 90.9 Å². The number of esters is 1. The molecule has 0 spiro atoms. The molecule has 1 fully saturated rings. The number of carbonyl (C=O) groups is 1. The van der Waals surface area contributed by atoms with Gasteiger partial charge < -0.3 is 14.2 Å². The van der Waals surface area contributed by atoms with Gasteiger partial charge in [-0.1, -0.05) is 0 Å². The van der Waals surface area contributed by atoms with E-state index < -0.39 is 5.79 Å². The predicted molar refractivity (Wildman–Crippen MR) is 55.3 cm³/mol. The highest BCUT2D eigenvalue weighted by Crippen LogP contribution is 2.43. The number of rotatable bonds is 3. The standard InChI is InChI=1S/C11H20O4/c1-10(9(12)13-2)5-7-11(14-3,15-4)8-6-10/h5-8H2,1-4H3. The third-order valence-corrected chi connectivity index (χ3v) is 3.54. The van der Waals surface area contributed by atoms with E-state index >= 15 is 0 Å². The zero-order chi connectivity index (χ0) is 11.5. The summed E-state index contributed by atoms with van der Waals surface area (Å²) in [4.78, 5) is 11.6. The topological polar surface area (TPSA) is 44.8 Å². The van der Waals surface area contributed by atoms with Gasteiger partial charge in [0.05, 0.1) is 12.5 Å². The molecule has 88 valence electrons. The smallest absolute Gasteiger partial charge is 0.311 e. The molecular formula is C11H20O4. The molecule has 0 aromatic carbocycles. The van der Waals surface area contributed by atoms with Gasteiger partial charge in [-0.2, -0.15) is 0 Å². The zero-order valence-electron chi connectivity index (χ0n) is 9.96. The fourth-order valence-corrected chi connectivity index (χ4v) is 2.12. The van der Waals surface area contributed by atoms with Crippen LogP contribution >= 0.6 is 0 Å². The summed E-state index contributed by atoms with van der Waals surface area (Å²) in [5.74, 6) is -0.642. The van der Waals surface area contributed by atoms with Crippen molar-refractivity contribution in [2.75, 3.05) is 21.3 Å². The van der Waals surface area contributed by atoms with E-state index in [1.165, 1.54) is 7.11 Å². The Morgan fingerprint density at radius 3 is 1.80 bits per heavy atom. The van der Waals surface area contributed by atoms with Crippen molar-refractivity contribution in [3.05, 3.63) is 0 Å². The second kappa shape index (κ2) is 4.49. The van der Waals surface area contributed by atoms with Crippen LogP contribution in [-0.2, 0) is 19.0 Å². The molecule has 0 aliphatic heterocycles. The Kier molecular flexibility index (Phi) is 3.73. The van der Waals surface area contributed by atoms with E-state index in [1.54, 1.807) is 14.2 Å². The van der Waals surface area contributed by atoms with E-state index in [1.807, 2.05) is 6.92 Å². The molecule has 4 nitrogen and oxygen atoms in total. The maximum absolute atomic E-state index is 11.6. The second-order valence-corrected chi connectivity index (χ2v) is 4.37. The minimum Gasteiger partial charge on any atom is -0.469 e. The first kappa shape index (κ1) is 12.5. The van der Waals surface area contributed by atoms with E-state index in [0.29, 0.717) is 0 Å². The van der Waals surface area contributed by atoms with Gasteiger partial charge in [0.25, 0.3) is 0 Å². The maximum atomic E-state index is 11.6. The molecule has 0 aromatic rings. The molecule has 0 amide bonds. The van der Waals surface area contributed by atoms with Gasteiger partial charge in [0.15, 0.2) is 5.79 Å². The monoisotopic (exact) mass is 216 g/mol. The molecule has 4 heteroatoms. The first-order chi connectivity index (χ1) is 7.02. The summed E-state index contributed by atoms with van der Waals surface area (Å²) in [5.41, 5.74) is -0.380. The van der Waals surface area contributed by atoms with Crippen molar-refractivity contribution < 1.29 is 19.0 Å². The highest BCUT2D eigenvalue weighted by atomic mass is 16.7. The van der Waals surface area contributed by atoms with Gasteiger partial charge in [0.2, 0.25) is 0 Å². The van der Waals surface area contributed by atoms with Crippen molar-refractivity contribution in [2.24, 2.45) is 5.41 Å². The quantitative estimate of drug-likeness (QED) is 0.532. The summed E-state index contributed by atoms with van der Waals surface area (Å²) >= 11 is 0. The lowest BCUT2D eigenvalue weighted by Gasteiger charge is -2.41. The normalized spacial score (nSPS) is 23.5. The molecular weight excluding hydrogens is 196 g/mol. The van der Waals surface area contributed by atoms with Gasteiger partial charge in [0, 0.05) is 27.1 Å². The Hall–Kier alpha value is -0.610. The van der Waals surface area contributed by atoms with Gasteiger partial charge in [-0.15, -0.1) is 0 Å². The first-order valence-corrected chi connectivity index (χ1v) is 5.21. The highest BCUT2D eigenvalue weighted by molar-refractivity contribution is 5.76. The van der Waals surface area contributed by atoms with Crippen LogP contribution in [0.25, 0.3) is 0 Å². The Bertz CT molecular complexity index is 223. The van der Waals surface area contributed by atoms with Crippen molar-refractivity contribution in [3.63, 3.8) is 0 Å². The molecule has 1 rings (SSSR count). The Balaban J connectivity index is 2.65. The van der Waals surface area contributed by atoms with Crippen LogP contribution in [0.4, 0.5) is 0 Å². The highest BCUT2D eigenvalue weighted by Gasteiger charge is 2.45. The number of carbonyl (C=O) groups excluding carboxylic acids is 1. The number of ether oxygens (including phenoxy) is 3. The SMILES string of the molecule is COC(=O)C1(C)CCC(OC)(OC)CC1. The van der Waals surface area contributed by atoms with Gasteiger partial charge in [0.1, 0.15) is 0 Å². The lowest BCUT2D eigenvalue weighted by Crippen LogP contribution is -2.44. The fraction of sp³-hybridized carbons (Fsp3) is 0.909. The Morgan fingerprint density at radius 2 is 1.47 bits per heavy atom. The van der Waals surface area contributed by atoms with E-state index in [2.05, 4.69) is 0 Å². The third-order valence-electron chi connectivity index (χ3n) is 3.54. The summed E-state index contributed by atoms with van der Waals surface area (Å²) in [6.45, 7) is 1.94. The lowest BCUT2D eigenvalue weighted by atomic mass is 9.73. The lowest BCUT2D eigenvalue weighted by molar-refractivity contribution is -0.234. The van der Waals surface area contributed by atoms with E-state index in [-0.39, 0.29) is 11.4 Å². The summed E-state index contributed by atoms with van der Waals surface area (Å²) in [5, 5.41) is 0. The minimum atomic E-state index is -0.506. The molecule has 0 aromatic heterocycles. The molecule has 0 bridgehead atoms. The molecule has 1 saturated carbocycles. The molecule has 0 atom stereocenters. The summed E-state index contributed by atoms with van der Waals surface area (Å²) in [7, 11) is 4.72. The van der Waals surface area contributed by atoms with Crippen molar-refractivity contribution in [2.45, 2.75) is 38.4 Å². The fourth-order valence-electron chi connectivity index (χ4n) is 2.12. The van der Waals surface area contributed by atoms with Crippen molar-refractivity contribution >= 4 is 5.97 Å². The molecule has 1 aliphatic rings. The van der Waals surface area contributed by atoms with E-state index in [0.717, 1.165) is 25.7 Å². The largest absolute Gasteiger partial charge is 0.469 e. The average Bonchev–Trinajstić information content (AvgIpc) is 2.30. The van der Waals surface area contributed by atoms with Gasteiger partial charge in [-0.05, 0) is 19.8 Å². The minimum absolute atomic E-state index is 0.136. The zero-order valence-corrected chi connectivity index (χ0v) is 9.96. The molecule has 0 radical (unpaired) electrons. The number of methoxy groups -OCH3 is 3. The van der Waals surface area contributed by atoms with Crippen molar-refractivity contribution in [1.29, 1.82) is 0 Å². The van der Waals surface area contributed by atoms with Crippen LogP contribution in [0.5, 0.6) is 0 Å². The molecule has 0 unspecified atom stereocenters. The Morgan fingerprint density at radius 1 is 1.00 bits per heavy atom. The average molecular weight is 216 g/mol. The van der Waals surface area contributed by atoms with E-state index in [4.69, 9.17) is 14.2 Å². The van der Waals surface area contributed by atoms with Crippen LogP contribution in [-0.4, -0.2) is 33.1 Å². The van der Waals surface area contributed by atoms with Crippen LogP contribution < -0.4 is 0 Å². The molecule has 0 saturated heterocycles. The summed E-state index contributed by atoms with van der Waals surface area (Å²) in [6.07, 6.45) is 2.93. The van der Waals surface area contributed by atoms with Crippen LogP contribution in [0.1, 0.15) is 32.6 Å². The van der Waals surface area contributed by atoms with Crippen molar-refractivity contribution in [1.82, 2.24) is 0 Å². The predicted octanol–water partition coefficient (Wildman–Crippen LogP) is 1.73. The number of hydrogen-bond donors (Lipinski definition) is 0. The van der Waals surface area contributed by atoms with Gasteiger partial charge in [-0.25, -0.2) is 0 Å². The van der Waals surface area contributed by atoms with Crippen LogP contribution in [0.15, 0.2) is 0 Å². The van der Waals surface area contributed by atoms with Crippen LogP contribution in [0, 0.1) is 5.41 Å². The van der Waals surface area contributed by atoms with Crippen LogP contribution in [0.2, 0.25) is 0 Å². The van der Waals surface area contributed by atoms with E-state index in [9.17, 15) is 4.79 Å². The van der Waals surface area contributed by atoms with Gasteiger partial charge >= 0.3 is 5.97 Å². The molecule has 1 aliphatic carbocycles. The molecule has 0 heterocycles. The maximum Gasteiger partial charge on any atom is 0.311 e. The molecule has 0 N–H and O–H groups in total. The number of hydrogen-bond acceptors (Lipinski definition) is 4.